The van der Waals surface area contributed by atoms with E-state index in [0.29, 0.717) is 16.3 Å². The first-order valence-corrected chi connectivity index (χ1v) is 11.7. The molecule has 1 atom stereocenters. The van der Waals surface area contributed by atoms with Gasteiger partial charge in [-0.1, -0.05) is 57.0 Å². The van der Waals surface area contributed by atoms with Crippen molar-refractivity contribution in [3.8, 4) is 11.4 Å². The van der Waals surface area contributed by atoms with E-state index in [4.69, 9.17) is 23.2 Å². The van der Waals surface area contributed by atoms with Gasteiger partial charge in [-0.05, 0) is 35.4 Å². The van der Waals surface area contributed by atoms with E-state index in [1.807, 2.05) is 0 Å². The highest BCUT2D eigenvalue weighted by atomic mass is 79.9. The third-order valence-electron chi connectivity index (χ3n) is 3.65. The molecule has 5 nitrogen and oxygen atoms in total. The highest BCUT2D eigenvalue weighted by Crippen LogP contribution is 2.46. The summed E-state index contributed by atoms with van der Waals surface area (Å²) in [6, 6.07) is 11.9. The fraction of sp³-hybridized carbons (Fsp3) is 0.176. The Morgan fingerprint density at radius 3 is 2.50 bits per heavy atom. The summed E-state index contributed by atoms with van der Waals surface area (Å²) in [5, 5.41) is 3.22. The van der Waals surface area contributed by atoms with Crippen LogP contribution in [0.4, 0.5) is 14.5 Å². The fourth-order valence-electron chi connectivity index (χ4n) is 2.44. The molecule has 0 saturated heterocycles. The van der Waals surface area contributed by atoms with Crippen molar-refractivity contribution in [1.82, 2.24) is 10.1 Å². The molecule has 0 radical (unpaired) electrons. The van der Waals surface area contributed by atoms with Gasteiger partial charge < -0.3 is 14.2 Å². The Kier molecular flexibility index (Phi) is 6.15. The first-order valence-electron chi connectivity index (χ1n) is 7.84. The minimum absolute atomic E-state index is 0.0127. The first kappa shape index (κ1) is 21.2. The lowest BCUT2D eigenvalue weighted by Gasteiger charge is -2.17. The van der Waals surface area contributed by atoms with Crippen molar-refractivity contribution < 1.29 is 17.9 Å². The van der Waals surface area contributed by atoms with E-state index in [-0.39, 0.29) is 12.0 Å². The quantitative estimate of drug-likeness (QED) is 0.287. The SMILES string of the molecule is CP(=O)(Cc1ccc(-c2noc(C(F)(F)Cl)n2)cc1)Nc1ccc(Br)cc1Cl. The van der Waals surface area contributed by atoms with Crippen molar-refractivity contribution in [1.29, 1.82) is 0 Å². The van der Waals surface area contributed by atoms with Crippen molar-refractivity contribution in [2.24, 2.45) is 0 Å². The third kappa shape index (κ3) is 5.32. The van der Waals surface area contributed by atoms with Crippen LogP contribution in [0.3, 0.4) is 0 Å². The fourth-order valence-corrected chi connectivity index (χ4v) is 4.99. The molecule has 148 valence electrons. The summed E-state index contributed by atoms with van der Waals surface area (Å²) < 4.78 is 44.2. The molecule has 0 spiro atoms. The van der Waals surface area contributed by atoms with Crippen molar-refractivity contribution in [2.75, 3.05) is 11.8 Å². The first-order chi connectivity index (χ1) is 13.0. The van der Waals surface area contributed by atoms with Gasteiger partial charge in [0.25, 0.3) is 0 Å². The summed E-state index contributed by atoms with van der Waals surface area (Å²) in [5.41, 5.74) is 1.82. The van der Waals surface area contributed by atoms with Crippen molar-refractivity contribution in [3.63, 3.8) is 0 Å². The Balaban J connectivity index is 1.72. The summed E-state index contributed by atoms with van der Waals surface area (Å²) in [6.45, 7) is 1.62. The molecule has 11 heteroatoms. The zero-order chi connectivity index (χ0) is 20.5. The summed E-state index contributed by atoms with van der Waals surface area (Å²) in [5.74, 6) is -0.983. The molecule has 1 aromatic heterocycles. The topological polar surface area (TPSA) is 68.0 Å². The lowest BCUT2D eigenvalue weighted by molar-refractivity contribution is 0.0551. The zero-order valence-electron chi connectivity index (χ0n) is 14.3. The normalized spacial score (nSPS) is 13.9. The molecule has 1 N–H and O–H groups in total. The van der Waals surface area contributed by atoms with E-state index >= 15 is 0 Å². The van der Waals surface area contributed by atoms with Crippen molar-refractivity contribution >= 4 is 52.1 Å². The molecule has 0 saturated carbocycles. The number of nitrogens with zero attached hydrogens (tertiary/aromatic N) is 2. The second-order valence-electron chi connectivity index (χ2n) is 6.11. The smallest absolute Gasteiger partial charge is 0.335 e. The lowest BCUT2D eigenvalue weighted by Crippen LogP contribution is -2.03. The molecule has 1 unspecified atom stereocenters. The Hall–Kier alpha value is -1.47. The molecule has 2 aromatic carbocycles. The molecule has 0 amide bonds. The number of aromatic nitrogens is 2. The number of nitrogens with one attached hydrogen (secondary N) is 1. The average Bonchev–Trinajstić information content (AvgIpc) is 3.08. The highest BCUT2D eigenvalue weighted by molar-refractivity contribution is 9.10. The molecular formula is C17H13BrCl2F2N3O2P. The van der Waals surface area contributed by atoms with Crippen molar-refractivity contribution in [2.45, 2.75) is 11.5 Å². The zero-order valence-corrected chi connectivity index (χ0v) is 18.3. The van der Waals surface area contributed by atoms with Crippen LogP contribution in [0.1, 0.15) is 11.5 Å². The predicted octanol–water partition coefficient (Wildman–Crippen LogP) is 6.96. The van der Waals surface area contributed by atoms with Crippen LogP contribution in [0, 0.1) is 0 Å². The summed E-state index contributed by atoms with van der Waals surface area (Å²) in [6.07, 6.45) is 0.261. The summed E-state index contributed by atoms with van der Waals surface area (Å²) >= 11 is 14.3. The van der Waals surface area contributed by atoms with Crippen LogP contribution in [0.5, 0.6) is 0 Å². The largest absolute Gasteiger partial charge is 0.400 e. The van der Waals surface area contributed by atoms with Gasteiger partial charge in [-0.2, -0.15) is 13.8 Å². The number of halogens is 5. The molecule has 0 fully saturated rings. The second-order valence-corrected chi connectivity index (χ2v) is 10.7. The monoisotopic (exact) mass is 509 g/mol. The molecule has 0 aliphatic carbocycles. The predicted molar refractivity (Wildman–Crippen MR) is 109 cm³/mol. The maximum Gasteiger partial charge on any atom is 0.400 e. The van der Waals surface area contributed by atoms with Gasteiger partial charge in [0.2, 0.25) is 5.82 Å². The van der Waals surface area contributed by atoms with Crippen molar-refractivity contribution in [3.05, 3.63) is 63.4 Å². The van der Waals surface area contributed by atoms with E-state index in [1.54, 1.807) is 49.1 Å². The number of hydrogen-bond donors (Lipinski definition) is 1. The van der Waals surface area contributed by atoms with Crippen LogP contribution < -0.4 is 5.09 Å². The van der Waals surface area contributed by atoms with E-state index in [0.717, 1.165) is 10.0 Å². The van der Waals surface area contributed by atoms with Gasteiger partial charge in [-0.25, -0.2) is 0 Å². The van der Waals surface area contributed by atoms with Gasteiger partial charge in [0, 0.05) is 22.9 Å². The van der Waals surface area contributed by atoms with Gasteiger partial charge in [0.05, 0.1) is 10.7 Å². The summed E-state index contributed by atoms with van der Waals surface area (Å²) in [7, 11) is -2.80. The third-order valence-corrected chi connectivity index (χ3v) is 6.30. The van der Waals surface area contributed by atoms with Crippen LogP contribution in [-0.2, 0) is 16.1 Å². The van der Waals surface area contributed by atoms with Gasteiger partial charge in [0.15, 0.2) is 7.29 Å². The molecule has 0 aliphatic heterocycles. The van der Waals surface area contributed by atoms with Crippen LogP contribution in [0.15, 0.2) is 51.5 Å². The Bertz CT molecular complexity index is 1040. The Morgan fingerprint density at radius 2 is 1.93 bits per heavy atom. The molecule has 28 heavy (non-hydrogen) atoms. The second kappa shape index (κ2) is 8.11. The van der Waals surface area contributed by atoms with Gasteiger partial charge in [-0.3, -0.25) is 0 Å². The van der Waals surface area contributed by atoms with Gasteiger partial charge >= 0.3 is 11.3 Å². The van der Waals surface area contributed by atoms with E-state index in [9.17, 15) is 13.3 Å². The van der Waals surface area contributed by atoms with Gasteiger partial charge in [0.1, 0.15) is 0 Å². The molecule has 1 heterocycles. The average molecular weight is 511 g/mol. The highest BCUT2D eigenvalue weighted by Gasteiger charge is 2.35. The molecular weight excluding hydrogens is 498 g/mol. The number of benzene rings is 2. The summed E-state index contributed by atoms with van der Waals surface area (Å²) in [4.78, 5) is 3.58. The number of rotatable bonds is 6. The van der Waals surface area contributed by atoms with E-state index < -0.39 is 18.6 Å². The van der Waals surface area contributed by atoms with Crippen LogP contribution in [0.25, 0.3) is 11.4 Å². The lowest BCUT2D eigenvalue weighted by atomic mass is 10.1. The van der Waals surface area contributed by atoms with Crippen LogP contribution in [0.2, 0.25) is 5.02 Å². The molecule has 0 bridgehead atoms. The minimum atomic E-state index is -3.72. The maximum atomic E-state index is 13.0. The van der Waals surface area contributed by atoms with E-state index in [1.165, 1.54) is 0 Å². The Morgan fingerprint density at radius 1 is 1.25 bits per heavy atom. The number of anilines is 1. The molecule has 3 aromatic rings. The van der Waals surface area contributed by atoms with Crippen LogP contribution in [-0.4, -0.2) is 16.8 Å². The van der Waals surface area contributed by atoms with E-state index in [2.05, 4.69) is 35.7 Å². The minimum Gasteiger partial charge on any atom is -0.335 e. The molecule has 3 rings (SSSR count). The molecule has 0 aliphatic rings. The standard InChI is InChI=1S/C17H13BrCl2F2N3O2P/c1-28(26,25-14-7-6-12(18)8-13(14)19)9-10-2-4-11(5-3-10)15-23-16(27-24-15)17(20,21)22/h2-8H,9H2,1H3,(H,25,26). The maximum absolute atomic E-state index is 13.0. The van der Waals surface area contributed by atoms with Crippen LogP contribution >= 0.6 is 46.4 Å². The number of hydrogen-bond acceptors (Lipinski definition) is 4. The Labute approximate surface area is 178 Å². The van der Waals surface area contributed by atoms with Gasteiger partial charge in [-0.15, -0.1) is 0 Å². The number of alkyl halides is 3.